The second-order valence-electron chi connectivity index (χ2n) is 4.54. The normalized spacial score (nSPS) is 23.9. The van der Waals surface area contributed by atoms with Gasteiger partial charge in [0, 0.05) is 0 Å². The molecule has 0 aromatic heterocycles. The maximum atomic E-state index is 13.4. The quantitative estimate of drug-likeness (QED) is 0.754. The van der Waals surface area contributed by atoms with E-state index < -0.39 is 6.29 Å². The van der Waals surface area contributed by atoms with Gasteiger partial charge in [0.25, 0.3) is 0 Å². The van der Waals surface area contributed by atoms with Crippen LogP contribution in [0.2, 0.25) is 0 Å². The molecule has 96 valence electrons. The zero-order chi connectivity index (χ0) is 13.0. The van der Waals surface area contributed by atoms with Crippen molar-refractivity contribution in [3.8, 4) is 5.75 Å². The summed E-state index contributed by atoms with van der Waals surface area (Å²) in [6.07, 6.45) is 8.22. The first kappa shape index (κ1) is 12.8. The molecule has 0 radical (unpaired) electrons. The molecule has 1 aliphatic rings. The topological polar surface area (TPSA) is 18.5 Å². The summed E-state index contributed by atoms with van der Waals surface area (Å²) in [5.74, 6) is -0.166. The summed E-state index contributed by atoms with van der Waals surface area (Å²) in [5, 5.41) is 0. The zero-order valence-corrected chi connectivity index (χ0v) is 10.6. The van der Waals surface area contributed by atoms with E-state index in [1.54, 1.807) is 25.1 Å². The van der Waals surface area contributed by atoms with Gasteiger partial charge in [-0.25, -0.2) is 4.39 Å². The monoisotopic (exact) mass is 248 g/mol. The van der Waals surface area contributed by atoms with Gasteiger partial charge in [0.1, 0.15) is 0 Å². The molecular formula is C15H17FO2. The molecule has 3 heteroatoms. The minimum absolute atomic E-state index is 0.212. The predicted octanol–water partition coefficient (Wildman–Crippen LogP) is 3.84. The molecule has 0 saturated heterocycles. The van der Waals surface area contributed by atoms with Crippen molar-refractivity contribution in [1.82, 2.24) is 0 Å². The molecular weight excluding hydrogens is 231 g/mol. The molecule has 0 fully saturated rings. The summed E-state index contributed by atoms with van der Waals surface area (Å²) in [6.45, 7) is 3.75. The van der Waals surface area contributed by atoms with E-state index in [9.17, 15) is 4.39 Å². The highest BCUT2D eigenvalue weighted by atomic mass is 19.1. The number of benzene rings is 1. The van der Waals surface area contributed by atoms with E-state index in [2.05, 4.69) is 0 Å². The fourth-order valence-corrected chi connectivity index (χ4v) is 1.92. The first-order valence-electron chi connectivity index (χ1n) is 6.02. The smallest absolute Gasteiger partial charge is 0.198 e. The average molecular weight is 248 g/mol. The second-order valence-corrected chi connectivity index (χ2v) is 4.54. The number of hydrogen-bond acceptors (Lipinski definition) is 2. The van der Waals surface area contributed by atoms with Crippen LogP contribution < -0.4 is 4.74 Å². The van der Waals surface area contributed by atoms with Crippen molar-refractivity contribution < 1.29 is 13.9 Å². The van der Waals surface area contributed by atoms with Gasteiger partial charge in [-0.3, -0.25) is 0 Å². The van der Waals surface area contributed by atoms with Gasteiger partial charge in [-0.05, 0) is 32.4 Å². The van der Waals surface area contributed by atoms with E-state index >= 15 is 0 Å². The number of para-hydroxylation sites is 1. The lowest BCUT2D eigenvalue weighted by molar-refractivity contribution is -0.135. The fraction of sp³-hybridized carbons (Fsp3) is 0.333. The van der Waals surface area contributed by atoms with Crippen LogP contribution in [0.15, 0.2) is 48.6 Å². The lowest BCUT2D eigenvalue weighted by Gasteiger charge is -2.30. The standard InChI is InChI=1S/C15H17FO2/c1-12(17-14-9-5-4-8-13(14)16)18-15(2)10-6-3-7-11-15/h3-10,12H,11H2,1-2H3. The molecule has 0 aliphatic heterocycles. The van der Waals surface area contributed by atoms with Crippen molar-refractivity contribution in [3.05, 3.63) is 54.4 Å². The molecule has 0 heterocycles. The molecule has 0 saturated carbocycles. The summed E-state index contributed by atoms with van der Waals surface area (Å²) in [4.78, 5) is 0. The number of halogens is 1. The van der Waals surface area contributed by atoms with Gasteiger partial charge in [-0.2, -0.15) is 0 Å². The summed E-state index contributed by atoms with van der Waals surface area (Å²) >= 11 is 0. The summed E-state index contributed by atoms with van der Waals surface area (Å²) in [5.41, 5.74) is -0.389. The fourth-order valence-electron chi connectivity index (χ4n) is 1.92. The highest BCUT2D eigenvalue weighted by molar-refractivity contribution is 5.23. The average Bonchev–Trinajstić information content (AvgIpc) is 2.32. The molecule has 0 amide bonds. The number of rotatable bonds is 4. The summed E-state index contributed by atoms with van der Waals surface area (Å²) in [6, 6.07) is 6.32. The highest BCUT2D eigenvalue weighted by Gasteiger charge is 2.25. The third-order valence-electron chi connectivity index (χ3n) is 2.78. The second kappa shape index (κ2) is 5.36. The van der Waals surface area contributed by atoms with E-state index in [-0.39, 0.29) is 17.2 Å². The minimum atomic E-state index is -0.511. The third kappa shape index (κ3) is 3.20. The molecule has 1 aromatic carbocycles. The van der Waals surface area contributed by atoms with Crippen molar-refractivity contribution in [2.24, 2.45) is 0 Å². The van der Waals surface area contributed by atoms with Crippen LogP contribution in [0.25, 0.3) is 0 Å². The van der Waals surface area contributed by atoms with Crippen molar-refractivity contribution >= 4 is 0 Å². The number of hydrogen-bond donors (Lipinski definition) is 0. The SMILES string of the molecule is CC(Oc1ccccc1F)OC1(C)C=CC=CC1. The van der Waals surface area contributed by atoms with Gasteiger partial charge in [0.2, 0.25) is 0 Å². The van der Waals surface area contributed by atoms with Crippen LogP contribution in [0.3, 0.4) is 0 Å². The predicted molar refractivity (Wildman–Crippen MR) is 68.9 cm³/mol. The molecule has 1 aromatic rings. The van der Waals surface area contributed by atoms with Crippen molar-refractivity contribution in [2.75, 3.05) is 0 Å². The molecule has 2 atom stereocenters. The number of allylic oxidation sites excluding steroid dienone is 2. The molecule has 0 spiro atoms. The van der Waals surface area contributed by atoms with E-state index in [4.69, 9.17) is 9.47 Å². The van der Waals surface area contributed by atoms with Gasteiger partial charge in [0.15, 0.2) is 17.9 Å². The van der Waals surface area contributed by atoms with E-state index in [1.807, 2.05) is 31.2 Å². The number of ether oxygens (including phenoxy) is 2. The summed E-state index contributed by atoms with van der Waals surface area (Å²) in [7, 11) is 0. The molecule has 18 heavy (non-hydrogen) atoms. The van der Waals surface area contributed by atoms with Crippen molar-refractivity contribution in [2.45, 2.75) is 32.2 Å². The Morgan fingerprint density at radius 2 is 2.06 bits per heavy atom. The lowest BCUT2D eigenvalue weighted by atomic mass is 9.98. The molecule has 0 bridgehead atoms. The van der Waals surface area contributed by atoms with Crippen LogP contribution >= 0.6 is 0 Å². The first-order chi connectivity index (χ1) is 8.59. The van der Waals surface area contributed by atoms with Crippen LogP contribution in [0, 0.1) is 5.82 Å². The van der Waals surface area contributed by atoms with Gasteiger partial charge < -0.3 is 9.47 Å². The maximum Gasteiger partial charge on any atom is 0.198 e. The highest BCUT2D eigenvalue weighted by Crippen LogP contribution is 2.25. The molecule has 2 unspecified atom stereocenters. The van der Waals surface area contributed by atoms with Crippen LogP contribution in [0.4, 0.5) is 4.39 Å². The Morgan fingerprint density at radius 3 is 2.72 bits per heavy atom. The Labute approximate surface area is 107 Å². The molecule has 1 aliphatic carbocycles. The zero-order valence-electron chi connectivity index (χ0n) is 10.6. The van der Waals surface area contributed by atoms with Crippen LogP contribution in [-0.2, 0) is 4.74 Å². The Balaban J connectivity index is 1.97. The van der Waals surface area contributed by atoms with E-state index in [1.165, 1.54) is 6.07 Å². The van der Waals surface area contributed by atoms with Gasteiger partial charge in [-0.15, -0.1) is 0 Å². The molecule has 2 nitrogen and oxygen atoms in total. The Bertz CT molecular complexity index is 467. The van der Waals surface area contributed by atoms with Crippen molar-refractivity contribution in [1.29, 1.82) is 0 Å². The Hall–Kier alpha value is -1.61. The molecule has 2 rings (SSSR count). The van der Waals surface area contributed by atoms with E-state index in [0.717, 1.165) is 6.42 Å². The third-order valence-corrected chi connectivity index (χ3v) is 2.78. The van der Waals surface area contributed by atoms with Crippen LogP contribution in [-0.4, -0.2) is 11.9 Å². The maximum absolute atomic E-state index is 13.4. The lowest BCUT2D eigenvalue weighted by Crippen LogP contribution is -2.33. The summed E-state index contributed by atoms with van der Waals surface area (Å²) < 4.78 is 24.7. The minimum Gasteiger partial charge on any atom is -0.462 e. The Morgan fingerprint density at radius 1 is 1.28 bits per heavy atom. The molecule has 0 N–H and O–H groups in total. The van der Waals surface area contributed by atoms with Gasteiger partial charge in [-0.1, -0.05) is 36.4 Å². The van der Waals surface area contributed by atoms with Crippen molar-refractivity contribution in [3.63, 3.8) is 0 Å². The first-order valence-corrected chi connectivity index (χ1v) is 6.02. The largest absolute Gasteiger partial charge is 0.462 e. The van der Waals surface area contributed by atoms with Gasteiger partial charge in [0.05, 0.1) is 5.60 Å². The van der Waals surface area contributed by atoms with Gasteiger partial charge >= 0.3 is 0 Å². The van der Waals surface area contributed by atoms with E-state index in [0.29, 0.717) is 0 Å². The Kier molecular flexibility index (Phi) is 3.82. The van der Waals surface area contributed by atoms with Crippen LogP contribution in [0.1, 0.15) is 20.3 Å². The van der Waals surface area contributed by atoms with Crippen LogP contribution in [0.5, 0.6) is 5.75 Å².